The summed E-state index contributed by atoms with van der Waals surface area (Å²) in [5, 5.41) is 0. The third-order valence-electron chi connectivity index (χ3n) is 4.63. The predicted octanol–water partition coefficient (Wildman–Crippen LogP) is 4.05. The van der Waals surface area contributed by atoms with Crippen LogP contribution in [0.3, 0.4) is 0 Å². The minimum absolute atomic E-state index is 0.0733. The van der Waals surface area contributed by atoms with E-state index < -0.39 is 0 Å². The molecule has 0 aromatic heterocycles. The Morgan fingerprint density at radius 2 is 1.35 bits per heavy atom. The Morgan fingerprint density at radius 1 is 0.850 bits per heavy atom. The summed E-state index contributed by atoms with van der Waals surface area (Å²) in [4.78, 5) is 24.8. The van der Waals surface area contributed by atoms with Crippen LogP contribution in [0.25, 0.3) is 0 Å². The SMILES string of the molecule is CSc1c(C)c(C)c(C)c(C)c1C1CC(=O)CC(=O)C1. The molecule has 0 aliphatic heterocycles. The molecule has 108 valence electrons. The van der Waals surface area contributed by atoms with Crippen molar-refractivity contribution in [2.45, 2.75) is 57.8 Å². The number of Topliss-reactive ketones (excluding diaryl/α,β-unsaturated/α-hetero) is 2. The molecule has 0 saturated heterocycles. The first-order chi connectivity index (χ1) is 9.36. The van der Waals surface area contributed by atoms with E-state index in [1.165, 1.54) is 32.7 Å². The van der Waals surface area contributed by atoms with Gasteiger partial charge >= 0.3 is 0 Å². The van der Waals surface area contributed by atoms with Gasteiger partial charge in [-0.05, 0) is 67.7 Å². The van der Waals surface area contributed by atoms with Crippen LogP contribution < -0.4 is 0 Å². The Morgan fingerprint density at radius 3 is 1.85 bits per heavy atom. The van der Waals surface area contributed by atoms with Crippen molar-refractivity contribution in [1.29, 1.82) is 0 Å². The first kappa shape index (κ1) is 15.3. The summed E-state index contributed by atoms with van der Waals surface area (Å²) in [5.41, 5.74) is 6.40. The summed E-state index contributed by atoms with van der Waals surface area (Å²) in [5.74, 6) is 0.256. The van der Waals surface area contributed by atoms with Crippen LogP contribution in [0.5, 0.6) is 0 Å². The van der Waals surface area contributed by atoms with Crippen LogP contribution in [0.15, 0.2) is 4.90 Å². The molecule has 1 aromatic rings. The monoisotopic (exact) mass is 290 g/mol. The molecule has 0 heterocycles. The van der Waals surface area contributed by atoms with Gasteiger partial charge in [-0.1, -0.05) is 0 Å². The van der Waals surface area contributed by atoms with E-state index in [9.17, 15) is 9.59 Å². The highest BCUT2D eigenvalue weighted by atomic mass is 32.2. The molecule has 1 aromatic carbocycles. The highest BCUT2D eigenvalue weighted by molar-refractivity contribution is 7.98. The predicted molar refractivity (Wildman–Crippen MR) is 83.8 cm³/mol. The quantitative estimate of drug-likeness (QED) is 0.609. The van der Waals surface area contributed by atoms with Crippen molar-refractivity contribution < 1.29 is 9.59 Å². The molecule has 2 rings (SSSR count). The van der Waals surface area contributed by atoms with Crippen LogP contribution in [0, 0.1) is 27.7 Å². The van der Waals surface area contributed by atoms with E-state index in [-0.39, 0.29) is 23.9 Å². The van der Waals surface area contributed by atoms with Crippen molar-refractivity contribution >= 4 is 23.3 Å². The number of ketones is 2. The Kier molecular flexibility index (Phi) is 4.38. The highest BCUT2D eigenvalue weighted by Crippen LogP contribution is 2.41. The Hall–Kier alpha value is -1.09. The first-order valence-electron chi connectivity index (χ1n) is 7.04. The maximum Gasteiger partial charge on any atom is 0.140 e. The van der Waals surface area contributed by atoms with Crippen LogP contribution in [-0.2, 0) is 9.59 Å². The van der Waals surface area contributed by atoms with Gasteiger partial charge in [-0.2, -0.15) is 0 Å². The van der Waals surface area contributed by atoms with Gasteiger partial charge in [0.05, 0.1) is 6.42 Å². The van der Waals surface area contributed by atoms with Gasteiger partial charge < -0.3 is 0 Å². The summed E-state index contributed by atoms with van der Waals surface area (Å²) in [7, 11) is 0. The summed E-state index contributed by atoms with van der Waals surface area (Å²) < 4.78 is 0. The number of rotatable bonds is 2. The van der Waals surface area contributed by atoms with E-state index in [0.717, 1.165) is 0 Å². The normalized spacial score (nSPS) is 16.9. The molecule has 0 unspecified atom stereocenters. The lowest BCUT2D eigenvalue weighted by Crippen LogP contribution is -2.23. The van der Waals surface area contributed by atoms with Crippen LogP contribution in [0.4, 0.5) is 0 Å². The van der Waals surface area contributed by atoms with Gasteiger partial charge in [-0.3, -0.25) is 9.59 Å². The van der Waals surface area contributed by atoms with Gasteiger partial charge in [0.2, 0.25) is 0 Å². The molecule has 0 bridgehead atoms. The number of hydrogen-bond acceptors (Lipinski definition) is 3. The topological polar surface area (TPSA) is 34.1 Å². The second-order valence-electron chi connectivity index (χ2n) is 5.81. The fourth-order valence-electron chi connectivity index (χ4n) is 3.25. The van der Waals surface area contributed by atoms with E-state index in [4.69, 9.17) is 0 Å². The van der Waals surface area contributed by atoms with Crippen molar-refractivity contribution in [2.75, 3.05) is 6.26 Å². The van der Waals surface area contributed by atoms with E-state index >= 15 is 0 Å². The largest absolute Gasteiger partial charge is 0.299 e. The average Bonchev–Trinajstić information content (AvgIpc) is 2.39. The van der Waals surface area contributed by atoms with Gasteiger partial charge in [0, 0.05) is 17.7 Å². The minimum Gasteiger partial charge on any atom is -0.299 e. The molecule has 1 saturated carbocycles. The molecule has 3 heteroatoms. The van der Waals surface area contributed by atoms with Crippen molar-refractivity contribution in [2.24, 2.45) is 0 Å². The van der Waals surface area contributed by atoms with Crippen LogP contribution in [0.2, 0.25) is 0 Å². The lowest BCUT2D eigenvalue weighted by molar-refractivity contribution is -0.130. The number of carbonyl (C=O) groups is 2. The van der Waals surface area contributed by atoms with Crippen molar-refractivity contribution in [1.82, 2.24) is 0 Å². The molecule has 0 radical (unpaired) electrons. The Balaban J connectivity index is 2.61. The highest BCUT2D eigenvalue weighted by Gasteiger charge is 2.30. The van der Waals surface area contributed by atoms with Crippen molar-refractivity contribution in [3.8, 4) is 0 Å². The molecule has 1 aliphatic carbocycles. The van der Waals surface area contributed by atoms with Gasteiger partial charge in [0.1, 0.15) is 11.6 Å². The number of hydrogen-bond donors (Lipinski definition) is 0. The summed E-state index contributed by atoms with van der Waals surface area (Å²) in [6.45, 7) is 8.56. The second-order valence-corrected chi connectivity index (χ2v) is 6.62. The van der Waals surface area contributed by atoms with Crippen LogP contribution in [-0.4, -0.2) is 17.8 Å². The molecule has 2 nitrogen and oxygen atoms in total. The molecular formula is C17H22O2S. The van der Waals surface area contributed by atoms with E-state index in [0.29, 0.717) is 12.8 Å². The van der Waals surface area contributed by atoms with Gasteiger partial charge in [0.25, 0.3) is 0 Å². The molecule has 0 spiro atoms. The molecule has 1 fully saturated rings. The van der Waals surface area contributed by atoms with Gasteiger partial charge in [-0.25, -0.2) is 0 Å². The fraction of sp³-hybridized carbons (Fsp3) is 0.529. The maximum absolute atomic E-state index is 11.8. The number of benzene rings is 1. The van der Waals surface area contributed by atoms with Gasteiger partial charge in [-0.15, -0.1) is 11.8 Å². The fourth-order valence-corrected chi connectivity index (χ4v) is 4.25. The average molecular weight is 290 g/mol. The Labute approximate surface area is 125 Å². The van der Waals surface area contributed by atoms with Crippen LogP contribution in [0.1, 0.15) is 53.0 Å². The van der Waals surface area contributed by atoms with E-state index in [1.54, 1.807) is 11.8 Å². The van der Waals surface area contributed by atoms with Crippen molar-refractivity contribution in [3.05, 3.63) is 27.8 Å². The standard InChI is InChI=1S/C17H22O2S/c1-9-10(2)12(4)17(20-5)16(11(9)3)13-6-14(18)8-15(19)7-13/h13H,6-8H2,1-5H3. The lowest BCUT2D eigenvalue weighted by atomic mass is 9.78. The minimum atomic E-state index is 0.0733. The van der Waals surface area contributed by atoms with Crippen LogP contribution >= 0.6 is 11.8 Å². The molecule has 0 atom stereocenters. The third kappa shape index (κ3) is 2.56. The smallest absolute Gasteiger partial charge is 0.140 e. The Bertz CT molecular complexity index is 571. The third-order valence-corrected chi connectivity index (χ3v) is 5.57. The molecule has 0 amide bonds. The summed E-state index contributed by atoms with van der Waals surface area (Å²) in [6, 6.07) is 0. The number of carbonyl (C=O) groups excluding carboxylic acids is 2. The van der Waals surface area contributed by atoms with E-state index in [2.05, 4.69) is 34.0 Å². The first-order valence-corrected chi connectivity index (χ1v) is 8.26. The number of thioether (sulfide) groups is 1. The molecule has 1 aliphatic rings. The molecule has 20 heavy (non-hydrogen) atoms. The van der Waals surface area contributed by atoms with Crippen molar-refractivity contribution in [3.63, 3.8) is 0 Å². The molecular weight excluding hydrogens is 268 g/mol. The molecule has 0 N–H and O–H groups in total. The van der Waals surface area contributed by atoms with Gasteiger partial charge in [0.15, 0.2) is 0 Å². The summed E-state index contributed by atoms with van der Waals surface area (Å²) in [6.07, 6.45) is 3.24. The maximum atomic E-state index is 11.8. The van der Waals surface area contributed by atoms with E-state index in [1.807, 2.05) is 0 Å². The lowest BCUT2D eigenvalue weighted by Gasteiger charge is -2.27. The zero-order valence-electron chi connectivity index (χ0n) is 12.9. The summed E-state index contributed by atoms with van der Waals surface area (Å²) >= 11 is 1.73. The second kappa shape index (κ2) is 5.72. The zero-order chi connectivity index (χ0) is 15.0. The zero-order valence-corrected chi connectivity index (χ0v) is 13.7.